The van der Waals surface area contributed by atoms with Crippen molar-refractivity contribution in [1.82, 2.24) is 9.29 Å². The molecule has 3 aliphatic rings. The number of likely N-dealkylation sites (N-methyl/N-ethyl adjacent to an activating group) is 1. The summed E-state index contributed by atoms with van der Waals surface area (Å²) in [6.45, 7) is 1.85. The molecule has 1 unspecified atom stereocenters. The van der Waals surface area contributed by atoms with Gasteiger partial charge in [-0.15, -0.1) is 0 Å². The van der Waals surface area contributed by atoms with Gasteiger partial charge in [0.1, 0.15) is 0 Å². The summed E-state index contributed by atoms with van der Waals surface area (Å²) in [5.74, 6) is 1.50. The van der Waals surface area contributed by atoms with E-state index in [1.807, 2.05) is 12.1 Å². The highest BCUT2D eigenvalue weighted by Gasteiger charge is 2.42. The first kappa shape index (κ1) is 16.6. The van der Waals surface area contributed by atoms with E-state index in [-0.39, 0.29) is 18.1 Å². The summed E-state index contributed by atoms with van der Waals surface area (Å²) in [4.78, 5) is 6.97. The summed E-state index contributed by atoms with van der Waals surface area (Å²) in [6.07, 6.45) is 3.47. The Morgan fingerprint density at radius 1 is 1.23 bits per heavy atom. The summed E-state index contributed by atoms with van der Waals surface area (Å²) in [5.41, 5.74) is 0.898. The number of rotatable bonds is 4. The number of sulfonamides is 1. The van der Waals surface area contributed by atoms with Crippen LogP contribution in [-0.2, 0) is 10.0 Å². The van der Waals surface area contributed by atoms with Gasteiger partial charge in [-0.2, -0.15) is 4.31 Å². The van der Waals surface area contributed by atoms with E-state index in [9.17, 15) is 8.42 Å². The lowest BCUT2D eigenvalue weighted by molar-refractivity contribution is 0.174. The van der Waals surface area contributed by atoms with Crippen LogP contribution in [0.3, 0.4) is 0 Å². The number of ether oxygens (including phenoxy) is 2. The Hall–Kier alpha value is -1.58. The van der Waals surface area contributed by atoms with E-state index in [4.69, 9.17) is 14.5 Å². The first-order valence-electron chi connectivity index (χ1n) is 8.94. The van der Waals surface area contributed by atoms with Crippen molar-refractivity contribution in [1.29, 1.82) is 0 Å². The molecule has 26 heavy (non-hydrogen) atoms. The maximum absolute atomic E-state index is 12.6. The molecule has 1 saturated carbocycles. The fraction of sp³-hybridized carbons (Fsp3) is 0.588. The van der Waals surface area contributed by atoms with Crippen molar-refractivity contribution in [3.05, 3.63) is 12.1 Å². The zero-order valence-corrected chi connectivity index (χ0v) is 16.2. The predicted octanol–water partition coefficient (Wildman–Crippen LogP) is 2.42. The number of nitrogens with zero attached hydrogens (tertiary/aromatic N) is 3. The number of anilines is 1. The zero-order valence-electron chi connectivity index (χ0n) is 14.6. The molecular formula is C17H21N3O4S2. The van der Waals surface area contributed by atoms with Crippen molar-refractivity contribution in [2.75, 3.05) is 31.8 Å². The number of fused-ring (bicyclic) bond motifs is 2. The van der Waals surface area contributed by atoms with E-state index in [1.54, 1.807) is 22.7 Å². The van der Waals surface area contributed by atoms with Crippen LogP contribution in [0, 0.1) is 0 Å². The molecule has 0 amide bonds. The predicted molar refractivity (Wildman–Crippen MR) is 101 cm³/mol. The van der Waals surface area contributed by atoms with Crippen LogP contribution in [0.5, 0.6) is 11.5 Å². The molecule has 2 aliphatic heterocycles. The van der Waals surface area contributed by atoms with Crippen LogP contribution in [0.15, 0.2) is 12.1 Å². The monoisotopic (exact) mass is 395 g/mol. The van der Waals surface area contributed by atoms with Gasteiger partial charge in [-0.05, 0) is 25.7 Å². The molecular weight excluding hydrogens is 374 g/mol. The van der Waals surface area contributed by atoms with Gasteiger partial charge < -0.3 is 14.4 Å². The van der Waals surface area contributed by atoms with Gasteiger partial charge in [-0.25, -0.2) is 13.4 Å². The number of piperidine rings is 1. The molecule has 5 rings (SSSR count). The highest BCUT2D eigenvalue weighted by Crippen LogP contribution is 2.40. The van der Waals surface area contributed by atoms with Crippen molar-refractivity contribution in [3.63, 3.8) is 0 Å². The molecule has 0 radical (unpaired) electrons. The Bertz CT molecular complexity index is 913. The maximum atomic E-state index is 12.6. The second-order valence-electron chi connectivity index (χ2n) is 7.17. The molecule has 1 atom stereocenters. The minimum absolute atomic E-state index is 0.0121. The van der Waals surface area contributed by atoms with Gasteiger partial charge in [0.05, 0.1) is 15.5 Å². The molecule has 1 aromatic carbocycles. The first-order chi connectivity index (χ1) is 12.5. The summed E-state index contributed by atoms with van der Waals surface area (Å²) in [6, 6.07) is 3.91. The summed E-state index contributed by atoms with van der Waals surface area (Å²) in [7, 11) is -1.41. The van der Waals surface area contributed by atoms with Crippen LogP contribution in [0.2, 0.25) is 0 Å². The van der Waals surface area contributed by atoms with Gasteiger partial charge in [0.2, 0.25) is 16.8 Å². The van der Waals surface area contributed by atoms with Gasteiger partial charge in [0.25, 0.3) is 0 Å². The van der Waals surface area contributed by atoms with E-state index < -0.39 is 10.0 Å². The third-order valence-electron chi connectivity index (χ3n) is 5.40. The minimum Gasteiger partial charge on any atom is -0.454 e. The van der Waals surface area contributed by atoms with Gasteiger partial charge in [-0.1, -0.05) is 11.3 Å². The molecule has 0 N–H and O–H groups in total. The van der Waals surface area contributed by atoms with Crippen molar-refractivity contribution in [3.8, 4) is 11.5 Å². The number of thiazole rings is 1. The third-order valence-corrected chi connectivity index (χ3v) is 8.89. The van der Waals surface area contributed by atoms with Crippen LogP contribution in [-0.4, -0.2) is 55.9 Å². The van der Waals surface area contributed by atoms with Crippen molar-refractivity contribution < 1.29 is 17.9 Å². The number of benzene rings is 1. The smallest absolute Gasteiger partial charge is 0.231 e. The Kier molecular flexibility index (Phi) is 3.81. The van der Waals surface area contributed by atoms with Crippen molar-refractivity contribution in [2.45, 2.75) is 37.0 Å². The largest absolute Gasteiger partial charge is 0.454 e. The lowest BCUT2D eigenvalue weighted by atomic mass is 10.1. The van der Waals surface area contributed by atoms with E-state index >= 15 is 0 Å². The molecule has 2 fully saturated rings. The van der Waals surface area contributed by atoms with Crippen LogP contribution in [0.4, 0.5) is 5.13 Å². The van der Waals surface area contributed by atoms with E-state index in [2.05, 4.69) is 4.90 Å². The molecule has 1 aliphatic carbocycles. The Balaban J connectivity index is 1.39. The second-order valence-corrected chi connectivity index (χ2v) is 10.5. The van der Waals surface area contributed by atoms with E-state index in [0.29, 0.717) is 6.54 Å². The zero-order chi connectivity index (χ0) is 17.9. The fourth-order valence-electron chi connectivity index (χ4n) is 3.68. The first-order valence-corrected chi connectivity index (χ1v) is 11.3. The molecule has 3 heterocycles. The molecule has 0 bridgehead atoms. The normalized spacial score (nSPS) is 23.2. The lowest BCUT2D eigenvalue weighted by Gasteiger charge is -2.37. The molecule has 7 nitrogen and oxygen atoms in total. The van der Waals surface area contributed by atoms with Crippen LogP contribution in [0.1, 0.15) is 25.7 Å². The third kappa shape index (κ3) is 2.73. The van der Waals surface area contributed by atoms with Crippen LogP contribution in [0.25, 0.3) is 10.2 Å². The fourth-order valence-corrected chi connectivity index (χ4v) is 6.48. The highest BCUT2D eigenvalue weighted by atomic mass is 32.2. The average Bonchev–Trinajstić information content (AvgIpc) is 3.29. The number of hydrogen-bond acceptors (Lipinski definition) is 7. The summed E-state index contributed by atoms with van der Waals surface area (Å²) >= 11 is 1.62. The number of hydrogen-bond donors (Lipinski definition) is 0. The maximum Gasteiger partial charge on any atom is 0.231 e. The molecule has 0 spiro atoms. The Morgan fingerprint density at radius 3 is 2.77 bits per heavy atom. The van der Waals surface area contributed by atoms with Crippen LogP contribution >= 0.6 is 11.3 Å². The molecule has 1 aromatic heterocycles. The summed E-state index contributed by atoms with van der Waals surface area (Å²) < 4.78 is 38.7. The quantitative estimate of drug-likeness (QED) is 0.792. The van der Waals surface area contributed by atoms with Gasteiger partial charge in [0.15, 0.2) is 16.6 Å². The second kappa shape index (κ2) is 5.97. The summed E-state index contributed by atoms with van der Waals surface area (Å²) in [5, 5.41) is 0.776. The minimum atomic E-state index is -3.15. The Labute approximate surface area is 156 Å². The SMILES string of the molecule is CN(C1CCCN(c2nc3cc4c(cc3s2)OCO4)C1)S(=O)(=O)C1CC1. The van der Waals surface area contributed by atoms with E-state index in [0.717, 1.165) is 59.1 Å². The molecule has 140 valence electrons. The topological polar surface area (TPSA) is 72.0 Å². The van der Waals surface area contributed by atoms with Gasteiger partial charge in [0, 0.05) is 38.3 Å². The van der Waals surface area contributed by atoms with E-state index in [1.165, 1.54) is 0 Å². The number of aromatic nitrogens is 1. The van der Waals surface area contributed by atoms with Crippen molar-refractivity contribution >= 4 is 36.7 Å². The standard InChI is InChI=1S/C17H21N3O4S2/c1-19(26(21,22)12-4-5-12)11-3-2-6-20(9-11)17-18-13-7-14-15(24-10-23-14)8-16(13)25-17/h7-8,11-12H,2-6,9-10H2,1H3. The van der Waals surface area contributed by atoms with Crippen molar-refractivity contribution in [2.24, 2.45) is 0 Å². The van der Waals surface area contributed by atoms with Gasteiger partial charge >= 0.3 is 0 Å². The highest BCUT2D eigenvalue weighted by molar-refractivity contribution is 7.90. The molecule has 1 saturated heterocycles. The van der Waals surface area contributed by atoms with Gasteiger partial charge in [-0.3, -0.25) is 0 Å². The van der Waals surface area contributed by atoms with Crippen LogP contribution < -0.4 is 14.4 Å². The Morgan fingerprint density at radius 2 is 2.00 bits per heavy atom. The molecule has 9 heteroatoms. The lowest BCUT2D eigenvalue weighted by Crippen LogP contribution is -2.49. The molecule has 2 aromatic rings. The average molecular weight is 396 g/mol.